The second-order valence-corrected chi connectivity index (χ2v) is 4.98. The van der Waals surface area contributed by atoms with E-state index in [4.69, 9.17) is 17.3 Å². The standard InChI is InChI=1S/C13H12ClNS/c14-11-4-2-6-13(8-11)16-9-10-3-1-5-12(15)7-10/h1-8H,9,15H2. The molecule has 0 heterocycles. The first-order chi connectivity index (χ1) is 7.74. The molecule has 0 aliphatic rings. The number of halogens is 1. The number of anilines is 1. The number of thioether (sulfide) groups is 1. The lowest BCUT2D eigenvalue weighted by atomic mass is 10.2. The maximum atomic E-state index is 5.92. The van der Waals surface area contributed by atoms with E-state index in [1.54, 1.807) is 11.8 Å². The fraction of sp³-hybridized carbons (Fsp3) is 0.0769. The Morgan fingerprint density at radius 1 is 1.06 bits per heavy atom. The van der Waals surface area contributed by atoms with Gasteiger partial charge in [0, 0.05) is 21.4 Å². The van der Waals surface area contributed by atoms with Gasteiger partial charge in [-0.15, -0.1) is 11.8 Å². The van der Waals surface area contributed by atoms with Crippen molar-refractivity contribution < 1.29 is 0 Å². The molecule has 0 radical (unpaired) electrons. The van der Waals surface area contributed by atoms with E-state index in [1.807, 2.05) is 36.4 Å². The van der Waals surface area contributed by atoms with Crippen molar-refractivity contribution in [2.45, 2.75) is 10.6 Å². The second kappa shape index (κ2) is 5.28. The average Bonchev–Trinajstić information content (AvgIpc) is 2.27. The molecule has 1 nitrogen and oxygen atoms in total. The van der Waals surface area contributed by atoms with E-state index < -0.39 is 0 Å². The van der Waals surface area contributed by atoms with Gasteiger partial charge in [0.1, 0.15) is 0 Å². The Hall–Kier alpha value is -1.12. The molecule has 0 aromatic heterocycles. The van der Waals surface area contributed by atoms with Crippen molar-refractivity contribution in [3.63, 3.8) is 0 Å². The monoisotopic (exact) mass is 249 g/mol. The zero-order valence-corrected chi connectivity index (χ0v) is 10.3. The van der Waals surface area contributed by atoms with Crippen molar-refractivity contribution in [2.75, 3.05) is 5.73 Å². The Kier molecular flexibility index (Phi) is 3.75. The Labute approximate surface area is 105 Å². The fourth-order valence-electron chi connectivity index (χ4n) is 1.41. The quantitative estimate of drug-likeness (QED) is 0.651. The molecule has 0 amide bonds. The average molecular weight is 250 g/mol. The van der Waals surface area contributed by atoms with E-state index in [-0.39, 0.29) is 0 Å². The van der Waals surface area contributed by atoms with Gasteiger partial charge in [-0.25, -0.2) is 0 Å². The summed E-state index contributed by atoms with van der Waals surface area (Å²) in [7, 11) is 0. The molecule has 0 aliphatic heterocycles. The molecule has 0 atom stereocenters. The van der Waals surface area contributed by atoms with Crippen LogP contribution in [0.3, 0.4) is 0 Å². The lowest BCUT2D eigenvalue weighted by Gasteiger charge is -2.03. The molecule has 0 unspecified atom stereocenters. The first-order valence-corrected chi connectivity index (χ1v) is 6.33. The summed E-state index contributed by atoms with van der Waals surface area (Å²) in [6.07, 6.45) is 0. The summed E-state index contributed by atoms with van der Waals surface area (Å²) in [5.74, 6) is 0.908. The van der Waals surface area contributed by atoms with Gasteiger partial charge in [-0.2, -0.15) is 0 Å². The number of nitrogens with two attached hydrogens (primary N) is 1. The lowest BCUT2D eigenvalue weighted by Crippen LogP contribution is -1.86. The van der Waals surface area contributed by atoms with E-state index in [2.05, 4.69) is 12.1 Å². The minimum absolute atomic E-state index is 0.776. The Morgan fingerprint density at radius 3 is 2.62 bits per heavy atom. The van der Waals surface area contributed by atoms with Crippen LogP contribution in [0, 0.1) is 0 Å². The van der Waals surface area contributed by atoms with Crippen molar-refractivity contribution in [1.29, 1.82) is 0 Å². The Balaban J connectivity index is 2.02. The summed E-state index contributed by atoms with van der Waals surface area (Å²) < 4.78 is 0. The molecule has 0 saturated heterocycles. The van der Waals surface area contributed by atoms with Gasteiger partial charge >= 0.3 is 0 Å². The van der Waals surface area contributed by atoms with Gasteiger partial charge in [0.15, 0.2) is 0 Å². The van der Waals surface area contributed by atoms with Crippen LogP contribution in [0.4, 0.5) is 5.69 Å². The summed E-state index contributed by atoms with van der Waals surface area (Å²) in [4.78, 5) is 1.18. The Morgan fingerprint density at radius 2 is 1.88 bits per heavy atom. The van der Waals surface area contributed by atoms with Crippen LogP contribution in [0.2, 0.25) is 5.02 Å². The fourth-order valence-corrected chi connectivity index (χ4v) is 2.56. The van der Waals surface area contributed by atoms with Crippen LogP contribution in [0.5, 0.6) is 0 Å². The van der Waals surface area contributed by atoms with Crippen LogP contribution in [-0.2, 0) is 5.75 Å². The molecule has 2 aromatic rings. The summed E-state index contributed by atoms with van der Waals surface area (Å²) in [5, 5.41) is 0.776. The van der Waals surface area contributed by atoms with Crippen LogP contribution >= 0.6 is 23.4 Å². The maximum absolute atomic E-state index is 5.92. The van der Waals surface area contributed by atoms with Crippen molar-refractivity contribution in [3.8, 4) is 0 Å². The number of rotatable bonds is 3. The minimum atomic E-state index is 0.776. The van der Waals surface area contributed by atoms with Gasteiger partial charge in [0.25, 0.3) is 0 Å². The van der Waals surface area contributed by atoms with Gasteiger partial charge in [0.2, 0.25) is 0 Å². The number of hydrogen-bond donors (Lipinski definition) is 1. The summed E-state index contributed by atoms with van der Waals surface area (Å²) in [6.45, 7) is 0. The zero-order chi connectivity index (χ0) is 11.4. The molecule has 0 spiro atoms. The highest BCUT2D eigenvalue weighted by molar-refractivity contribution is 7.98. The molecule has 0 saturated carbocycles. The largest absolute Gasteiger partial charge is 0.399 e. The molecule has 0 bridgehead atoms. The van der Waals surface area contributed by atoms with Crippen molar-refractivity contribution in [3.05, 3.63) is 59.1 Å². The lowest BCUT2D eigenvalue weighted by molar-refractivity contribution is 1.38. The summed E-state index contributed by atoms with van der Waals surface area (Å²) in [6, 6.07) is 15.8. The van der Waals surface area contributed by atoms with E-state index in [0.29, 0.717) is 0 Å². The molecular formula is C13H12ClNS. The molecule has 82 valence electrons. The minimum Gasteiger partial charge on any atom is -0.399 e. The zero-order valence-electron chi connectivity index (χ0n) is 8.69. The third kappa shape index (κ3) is 3.19. The second-order valence-electron chi connectivity index (χ2n) is 3.49. The number of nitrogen functional groups attached to an aromatic ring is 1. The van der Waals surface area contributed by atoms with Gasteiger partial charge in [-0.3, -0.25) is 0 Å². The Bertz CT molecular complexity index is 439. The topological polar surface area (TPSA) is 26.0 Å². The molecular weight excluding hydrogens is 238 g/mol. The van der Waals surface area contributed by atoms with Gasteiger partial charge < -0.3 is 5.73 Å². The highest BCUT2D eigenvalue weighted by atomic mass is 35.5. The molecule has 2 N–H and O–H groups in total. The van der Waals surface area contributed by atoms with Gasteiger partial charge in [-0.05, 0) is 35.9 Å². The predicted octanol–water partition coefficient (Wildman–Crippen LogP) is 4.21. The molecule has 16 heavy (non-hydrogen) atoms. The predicted molar refractivity (Wildman–Crippen MR) is 71.9 cm³/mol. The van der Waals surface area contributed by atoms with Crippen LogP contribution in [-0.4, -0.2) is 0 Å². The van der Waals surface area contributed by atoms with Crippen LogP contribution in [0.15, 0.2) is 53.4 Å². The smallest absolute Gasteiger partial charge is 0.0417 e. The molecule has 0 fully saturated rings. The molecule has 2 aromatic carbocycles. The third-order valence-corrected chi connectivity index (χ3v) is 3.45. The molecule has 3 heteroatoms. The van der Waals surface area contributed by atoms with Gasteiger partial charge in [0.05, 0.1) is 0 Å². The van der Waals surface area contributed by atoms with Gasteiger partial charge in [-0.1, -0.05) is 29.8 Å². The number of benzene rings is 2. The highest BCUT2D eigenvalue weighted by Gasteiger charge is 1.97. The normalized spacial score (nSPS) is 10.3. The molecule has 0 aliphatic carbocycles. The van der Waals surface area contributed by atoms with E-state index >= 15 is 0 Å². The maximum Gasteiger partial charge on any atom is 0.0417 e. The first-order valence-electron chi connectivity index (χ1n) is 4.97. The molecule has 2 rings (SSSR count). The van der Waals surface area contributed by atoms with Crippen LogP contribution in [0.1, 0.15) is 5.56 Å². The highest BCUT2D eigenvalue weighted by Crippen LogP contribution is 2.25. The van der Waals surface area contributed by atoms with Crippen molar-refractivity contribution in [1.82, 2.24) is 0 Å². The first kappa shape index (κ1) is 11.4. The van der Waals surface area contributed by atoms with E-state index in [0.717, 1.165) is 16.5 Å². The van der Waals surface area contributed by atoms with Crippen LogP contribution < -0.4 is 5.73 Å². The van der Waals surface area contributed by atoms with Crippen molar-refractivity contribution >= 4 is 29.1 Å². The third-order valence-electron chi connectivity index (χ3n) is 2.15. The summed E-state index contributed by atoms with van der Waals surface area (Å²) >= 11 is 7.67. The summed E-state index contributed by atoms with van der Waals surface area (Å²) in [5.41, 5.74) is 7.76. The SMILES string of the molecule is Nc1cccc(CSc2cccc(Cl)c2)c1. The van der Waals surface area contributed by atoms with E-state index in [1.165, 1.54) is 10.5 Å². The number of hydrogen-bond acceptors (Lipinski definition) is 2. The van der Waals surface area contributed by atoms with Crippen molar-refractivity contribution in [2.24, 2.45) is 0 Å². The van der Waals surface area contributed by atoms with E-state index in [9.17, 15) is 0 Å². The van der Waals surface area contributed by atoms with Crippen LogP contribution in [0.25, 0.3) is 0 Å².